The van der Waals surface area contributed by atoms with E-state index in [1.165, 1.54) is 0 Å². The van der Waals surface area contributed by atoms with E-state index in [2.05, 4.69) is 5.32 Å². The van der Waals surface area contributed by atoms with Gasteiger partial charge in [-0.25, -0.2) is 8.42 Å². The van der Waals surface area contributed by atoms with Crippen molar-refractivity contribution in [2.24, 2.45) is 10.8 Å². The highest BCUT2D eigenvalue weighted by Crippen LogP contribution is 2.63. The molecule has 1 radical (unpaired) electrons. The van der Waals surface area contributed by atoms with Crippen molar-refractivity contribution >= 4 is 35.9 Å². The lowest BCUT2D eigenvalue weighted by Gasteiger charge is -2.43. The molecule has 32 heavy (non-hydrogen) atoms. The molecular formula is C18H33NO11PS. The zero-order valence-electron chi connectivity index (χ0n) is 19.2. The second kappa shape index (κ2) is 11.2. The average molecular weight is 502 g/mol. The summed E-state index contributed by atoms with van der Waals surface area (Å²) < 4.78 is 47.5. The largest absolute Gasteiger partial charge is 0.465 e. The fourth-order valence-corrected chi connectivity index (χ4v) is 4.13. The Balaban J connectivity index is 2.54. The van der Waals surface area contributed by atoms with Crippen LogP contribution >= 0.6 is 8.17 Å². The maximum Gasteiger partial charge on any atom is 0.381 e. The first kappa shape index (κ1) is 28.7. The van der Waals surface area contributed by atoms with Gasteiger partial charge in [0.1, 0.15) is 6.61 Å². The zero-order chi connectivity index (χ0) is 24.8. The first-order valence-electron chi connectivity index (χ1n) is 9.83. The maximum absolute atomic E-state index is 12.6. The quantitative estimate of drug-likeness (QED) is 0.246. The Morgan fingerprint density at radius 2 is 1.84 bits per heavy atom. The molecule has 0 saturated carbocycles. The molecule has 1 aliphatic heterocycles. The van der Waals surface area contributed by atoms with Crippen molar-refractivity contribution in [3.8, 4) is 0 Å². The topological polar surface area (TPSA) is 164 Å². The Bertz CT molecular complexity index is 793. The number of hydrogen-bond acceptors (Lipinski definition) is 11. The van der Waals surface area contributed by atoms with Crippen molar-refractivity contribution in [1.29, 1.82) is 0 Å². The van der Waals surface area contributed by atoms with Crippen LogP contribution in [0.15, 0.2) is 0 Å². The third kappa shape index (κ3) is 10.1. The lowest BCUT2D eigenvalue weighted by molar-refractivity contribution is -0.165. The van der Waals surface area contributed by atoms with E-state index in [1.54, 1.807) is 34.6 Å². The van der Waals surface area contributed by atoms with E-state index in [1.807, 2.05) is 0 Å². The van der Waals surface area contributed by atoms with E-state index >= 15 is 0 Å². The number of nitrogens with one attached hydrogen (secondary N) is 1. The molecule has 1 rings (SSSR count). The fraction of sp³-hybridized carbons (Fsp3) is 0.833. The summed E-state index contributed by atoms with van der Waals surface area (Å²) >= 11 is 0. The third-order valence-electron chi connectivity index (χ3n) is 4.15. The van der Waals surface area contributed by atoms with Crippen LogP contribution in [0.2, 0.25) is 0 Å². The van der Waals surface area contributed by atoms with Gasteiger partial charge in [-0.15, -0.1) is 0 Å². The Labute approximate surface area is 188 Å². The van der Waals surface area contributed by atoms with Gasteiger partial charge in [0.05, 0.1) is 24.2 Å². The van der Waals surface area contributed by atoms with Crippen LogP contribution in [-0.4, -0.2) is 75.8 Å². The number of rotatable bonds is 10. The Morgan fingerprint density at radius 3 is 2.41 bits per heavy atom. The van der Waals surface area contributed by atoms with Crippen LogP contribution in [0.1, 0.15) is 41.0 Å². The van der Waals surface area contributed by atoms with E-state index in [0.717, 1.165) is 6.26 Å². The molecule has 0 aliphatic carbocycles. The van der Waals surface area contributed by atoms with Gasteiger partial charge in [0.2, 0.25) is 12.7 Å². The standard InChI is InChI=1S/C18H33NO11PS/c1-17(2,3)16(22)27-12-29-31(23)28-11-18(4,5)14(30-31)15(21)19-8-7-13(20)26-9-10-32(6,24)25/h14,23H,7-12H2,1-6H3,(H,19,21)/t14-/m0/s1. The van der Waals surface area contributed by atoms with Gasteiger partial charge in [-0.2, -0.15) is 0 Å². The monoisotopic (exact) mass is 502 g/mol. The lowest BCUT2D eigenvalue weighted by Crippen LogP contribution is -2.50. The summed E-state index contributed by atoms with van der Waals surface area (Å²) in [5, 5.41) is 2.50. The van der Waals surface area contributed by atoms with Crippen LogP contribution < -0.4 is 5.32 Å². The Kier molecular flexibility index (Phi) is 10.0. The van der Waals surface area contributed by atoms with Gasteiger partial charge < -0.3 is 19.7 Å². The normalized spacial score (nSPS) is 23.3. The molecule has 1 saturated heterocycles. The van der Waals surface area contributed by atoms with E-state index in [9.17, 15) is 27.7 Å². The molecule has 187 valence electrons. The van der Waals surface area contributed by atoms with Crippen molar-refractivity contribution < 1.29 is 50.7 Å². The van der Waals surface area contributed by atoms with Crippen LogP contribution in [0.5, 0.6) is 0 Å². The van der Waals surface area contributed by atoms with Crippen molar-refractivity contribution in [2.75, 3.05) is 38.6 Å². The fourth-order valence-electron chi connectivity index (χ4n) is 2.22. The van der Waals surface area contributed by atoms with E-state index in [-0.39, 0.29) is 31.9 Å². The zero-order valence-corrected chi connectivity index (χ0v) is 20.9. The molecule has 12 nitrogen and oxygen atoms in total. The van der Waals surface area contributed by atoms with Crippen LogP contribution in [0.25, 0.3) is 0 Å². The van der Waals surface area contributed by atoms with E-state index in [4.69, 9.17) is 23.0 Å². The molecule has 1 fully saturated rings. The van der Waals surface area contributed by atoms with Gasteiger partial charge in [0.15, 0.2) is 15.9 Å². The Hall–Kier alpha value is -1.37. The van der Waals surface area contributed by atoms with Gasteiger partial charge in [-0.1, -0.05) is 13.8 Å². The first-order valence-corrected chi connectivity index (χ1v) is 13.4. The minimum absolute atomic E-state index is 0.0733. The summed E-state index contributed by atoms with van der Waals surface area (Å²) in [4.78, 5) is 46.5. The van der Waals surface area contributed by atoms with Crippen LogP contribution in [0, 0.1) is 10.8 Å². The molecule has 14 heteroatoms. The van der Waals surface area contributed by atoms with Gasteiger partial charge in [0, 0.05) is 18.2 Å². The maximum atomic E-state index is 12.6. The van der Waals surface area contributed by atoms with Gasteiger partial charge in [0.25, 0.3) is 0 Å². The van der Waals surface area contributed by atoms with Crippen LogP contribution in [0.4, 0.5) is 0 Å². The van der Waals surface area contributed by atoms with Crippen molar-refractivity contribution in [2.45, 2.75) is 47.1 Å². The van der Waals surface area contributed by atoms with Gasteiger partial charge in [-0.05, 0) is 20.8 Å². The molecule has 1 unspecified atom stereocenters. The Morgan fingerprint density at radius 1 is 1.22 bits per heavy atom. The number of carbonyl (C=O) groups excluding carboxylic acids is 3. The summed E-state index contributed by atoms with van der Waals surface area (Å²) in [6.07, 6.45) is -0.328. The first-order chi connectivity index (χ1) is 14.5. The number of amides is 1. The summed E-state index contributed by atoms with van der Waals surface area (Å²) in [6, 6.07) is 0. The molecule has 0 aromatic carbocycles. The molecule has 1 amide bonds. The number of ether oxygens (including phenoxy) is 2. The predicted molar refractivity (Wildman–Crippen MR) is 114 cm³/mol. The third-order valence-corrected chi connectivity index (χ3v) is 6.42. The summed E-state index contributed by atoms with van der Waals surface area (Å²) in [5.74, 6) is -2.13. The highest BCUT2D eigenvalue weighted by Gasteiger charge is 2.50. The van der Waals surface area contributed by atoms with Gasteiger partial charge in [-0.3, -0.25) is 28.0 Å². The summed E-state index contributed by atoms with van der Waals surface area (Å²) in [6.45, 7) is 7.26. The highest BCUT2D eigenvalue weighted by atomic mass is 32.2. The van der Waals surface area contributed by atoms with Crippen molar-refractivity contribution in [3.63, 3.8) is 0 Å². The molecule has 1 heterocycles. The predicted octanol–water partition coefficient (Wildman–Crippen LogP) is 0.755. The second-order valence-corrected chi connectivity index (χ2v) is 13.0. The number of carbonyl (C=O) groups is 3. The SMILES string of the molecule is CC(C)(C)C(=O)OCO[P]1(O)OCC(C)(C)[C@H](C(=O)NCCC(=O)OCCS(C)(=O)=O)O1. The number of sulfone groups is 1. The van der Waals surface area contributed by atoms with Crippen molar-refractivity contribution in [1.82, 2.24) is 5.32 Å². The second-order valence-electron chi connectivity index (χ2n) is 9.04. The molecule has 0 aromatic rings. The summed E-state index contributed by atoms with van der Waals surface area (Å²) in [7, 11) is -7.18. The van der Waals surface area contributed by atoms with E-state index < -0.39 is 59.6 Å². The molecule has 0 aromatic heterocycles. The molecular weight excluding hydrogens is 469 g/mol. The van der Waals surface area contributed by atoms with Gasteiger partial charge >= 0.3 is 20.1 Å². The molecule has 1 aliphatic rings. The molecule has 0 bridgehead atoms. The van der Waals surface area contributed by atoms with Crippen LogP contribution in [0.3, 0.4) is 0 Å². The lowest BCUT2D eigenvalue weighted by atomic mass is 9.87. The number of hydrogen-bond donors (Lipinski definition) is 2. The minimum Gasteiger partial charge on any atom is -0.465 e. The summed E-state index contributed by atoms with van der Waals surface area (Å²) in [5.41, 5.74) is -1.60. The molecule has 0 spiro atoms. The average Bonchev–Trinajstić information content (AvgIpc) is 2.62. The van der Waals surface area contributed by atoms with E-state index in [0.29, 0.717) is 0 Å². The molecule has 2 atom stereocenters. The molecule has 2 N–H and O–H groups in total. The van der Waals surface area contributed by atoms with Crippen molar-refractivity contribution in [3.05, 3.63) is 0 Å². The minimum atomic E-state index is -3.93. The highest BCUT2D eigenvalue weighted by molar-refractivity contribution is 7.90. The van der Waals surface area contributed by atoms with Crippen LogP contribution in [-0.2, 0) is 47.3 Å². The smallest absolute Gasteiger partial charge is 0.381 e. The number of esters is 2.